The maximum absolute atomic E-state index is 13.0. The lowest BCUT2D eigenvalue weighted by atomic mass is 9.82. The van der Waals surface area contributed by atoms with Crippen molar-refractivity contribution in [2.75, 3.05) is 24.5 Å². The number of hydrogen-bond acceptors (Lipinski definition) is 4. The van der Waals surface area contributed by atoms with Crippen LogP contribution in [0, 0.1) is 17.8 Å². The van der Waals surface area contributed by atoms with Crippen molar-refractivity contribution in [1.82, 2.24) is 10.3 Å². The van der Waals surface area contributed by atoms with Gasteiger partial charge in [-0.3, -0.25) is 4.79 Å². The number of carbonyl (C=O) groups is 1. The van der Waals surface area contributed by atoms with E-state index in [1.165, 1.54) is 25.7 Å². The second kappa shape index (κ2) is 8.95. The molecule has 1 amide bonds. The van der Waals surface area contributed by atoms with E-state index in [-0.39, 0.29) is 11.8 Å². The number of aliphatic hydroxyl groups is 1. The standard InChI is InChI=1S/C25H34ClN3O2/c1-16-5-4-6-17(13-16)14-27-24(30)23-19-7-10-22(28-21(19)9-8-20(23)26)29-12-11-18(15-29)25(2,3)31/h7-10,16-18,31H,4-6,11-15H2,1-3H3,(H,27,30). The summed E-state index contributed by atoms with van der Waals surface area (Å²) in [6.45, 7) is 8.39. The molecule has 2 aromatic rings. The van der Waals surface area contributed by atoms with Gasteiger partial charge in [-0.2, -0.15) is 0 Å². The van der Waals surface area contributed by atoms with E-state index >= 15 is 0 Å². The van der Waals surface area contributed by atoms with Gasteiger partial charge in [-0.05, 0) is 69.2 Å². The average molecular weight is 444 g/mol. The van der Waals surface area contributed by atoms with Crippen molar-refractivity contribution >= 4 is 34.2 Å². The van der Waals surface area contributed by atoms with Crippen LogP contribution in [0.4, 0.5) is 5.82 Å². The summed E-state index contributed by atoms with van der Waals surface area (Å²) in [5.74, 6) is 2.26. The van der Waals surface area contributed by atoms with Crippen LogP contribution in [0.2, 0.25) is 5.02 Å². The summed E-state index contributed by atoms with van der Waals surface area (Å²) in [7, 11) is 0. The Morgan fingerprint density at radius 2 is 2.06 bits per heavy atom. The molecule has 2 aliphatic rings. The number of rotatable bonds is 5. The number of aromatic nitrogens is 1. The van der Waals surface area contributed by atoms with E-state index < -0.39 is 5.60 Å². The van der Waals surface area contributed by atoms with Crippen molar-refractivity contribution in [3.8, 4) is 0 Å². The molecule has 1 aromatic heterocycles. The van der Waals surface area contributed by atoms with E-state index in [0.717, 1.165) is 42.1 Å². The maximum atomic E-state index is 13.0. The van der Waals surface area contributed by atoms with Crippen LogP contribution in [0.3, 0.4) is 0 Å². The maximum Gasteiger partial charge on any atom is 0.253 e. The Morgan fingerprint density at radius 1 is 1.26 bits per heavy atom. The minimum Gasteiger partial charge on any atom is -0.390 e. The van der Waals surface area contributed by atoms with Gasteiger partial charge in [0.1, 0.15) is 5.82 Å². The molecule has 0 spiro atoms. The molecule has 1 saturated heterocycles. The van der Waals surface area contributed by atoms with E-state index in [4.69, 9.17) is 16.6 Å². The highest BCUT2D eigenvalue weighted by Gasteiger charge is 2.34. The van der Waals surface area contributed by atoms with Crippen LogP contribution in [0.15, 0.2) is 24.3 Å². The first-order chi connectivity index (χ1) is 14.7. The van der Waals surface area contributed by atoms with Crippen molar-refractivity contribution in [2.45, 2.75) is 58.5 Å². The monoisotopic (exact) mass is 443 g/mol. The summed E-state index contributed by atoms with van der Waals surface area (Å²) < 4.78 is 0. The summed E-state index contributed by atoms with van der Waals surface area (Å²) >= 11 is 6.45. The van der Waals surface area contributed by atoms with Crippen LogP contribution in [-0.4, -0.2) is 41.2 Å². The normalized spacial score (nSPS) is 24.5. The zero-order chi connectivity index (χ0) is 22.2. The van der Waals surface area contributed by atoms with Crippen LogP contribution in [0.5, 0.6) is 0 Å². The fourth-order valence-electron chi connectivity index (χ4n) is 5.19. The molecule has 6 heteroatoms. The van der Waals surface area contributed by atoms with Crippen molar-refractivity contribution in [1.29, 1.82) is 0 Å². The number of benzene rings is 1. The van der Waals surface area contributed by atoms with Crippen molar-refractivity contribution in [3.05, 3.63) is 34.9 Å². The molecular weight excluding hydrogens is 410 g/mol. The molecule has 5 nitrogen and oxygen atoms in total. The molecule has 1 saturated carbocycles. The first-order valence-electron chi connectivity index (χ1n) is 11.6. The second-order valence-corrected chi connectivity index (χ2v) is 10.5. The number of hydrogen-bond donors (Lipinski definition) is 2. The highest BCUT2D eigenvalue weighted by Crippen LogP contribution is 2.32. The third-order valence-corrected chi connectivity index (χ3v) is 7.46. The number of fused-ring (bicyclic) bond motifs is 1. The minimum atomic E-state index is -0.694. The van der Waals surface area contributed by atoms with Gasteiger partial charge in [0.15, 0.2) is 0 Å². The number of carbonyl (C=O) groups excluding carboxylic acids is 1. The van der Waals surface area contributed by atoms with Gasteiger partial charge in [0.25, 0.3) is 5.91 Å². The molecule has 3 atom stereocenters. The number of pyridine rings is 1. The molecular formula is C25H34ClN3O2. The van der Waals surface area contributed by atoms with E-state index in [0.29, 0.717) is 23.0 Å². The zero-order valence-corrected chi connectivity index (χ0v) is 19.6. The molecule has 0 radical (unpaired) electrons. The number of anilines is 1. The van der Waals surface area contributed by atoms with E-state index in [1.54, 1.807) is 6.07 Å². The third-order valence-electron chi connectivity index (χ3n) is 7.14. The topological polar surface area (TPSA) is 65.5 Å². The molecule has 0 bridgehead atoms. The summed E-state index contributed by atoms with van der Waals surface area (Å²) in [6, 6.07) is 7.57. The van der Waals surface area contributed by atoms with Crippen molar-refractivity contribution < 1.29 is 9.90 Å². The van der Waals surface area contributed by atoms with Crippen LogP contribution in [0.25, 0.3) is 10.9 Å². The predicted molar refractivity (Wildman–Crippen MR) is 127 cm³/mol. The molecule has 2 N–H and O–H groups in total. The molecule has 31 heavy (non-hydrogen) atoms. The quantitative estimate of drug-likeness (QED) is 0.679. The van der Waals surface area contributed by atoms with Gasteiger partial charge < -0.3 is 15.3 Å². The summed E-state index contributed by atoms with van der Waals surface area (Å²) in [5.41, 5.74) is 0.587. The lowest BCUT2D eigenvalue weighted by molar-refractivity contribution is 0.0263. The van der Waals surface area contributed by atoms with Crippen LogP contribution in [-0.2, 0) is 0 Å². The van der Waals surface area contributed by atoms with Gasteiger partial charge in [0.05, 0.1) is 21.7 Å². The van der Waals surface area contributed by atoms with Crippen molar-refractivity contribution in [2.24, 2.45) is 17.8 Å². The Labute approximate surface area is 190 Å². The Morgan fingerprint density at radius 3 is 2.77 bits per heavy atom. The Bertz CT molecular complexity index is 956. The van der Waals surface area contributed by atoms with Crippen molar-refractivity contribution in [3.63, 3.8) is 0 Å². The molecule has 168 valence electrons. The number of nitrogens with zero attached hydrogens (tertiary/aromatic N) is 2. The molecule has 1 aromatic carbocycles. The molecule has 4 rings (SSSR count). The Kier molecular flexibility index (Phi) is 6.45. The molecule has 3 unspecified atom stereocenters. The number of amides is 1. The summed E-state index contributed by atoms with van der Waals surface area (Å²) in [4.78, 5) is 20.1. The fourth-order valence-corrected chi connectivity index (χ4v) is 5.44. The lowest BCUT2D eigenvalue weighted by Crippen LogP contribution is -2.33. The minimum absolute atomic E-state index is 0.119. The van der Waals surface area contributed by atoms with E-state index in [9.17, 15) is 9.90 Å². The van der Waals surface area contributed by atoms with Crippen LogP contribution >= 0.6 is 11.6 Å². The molecule has 1 aliphatic heterocycles. The summed E-state index contributed by atoms with van der Waals surface area (Å²) in [6.07, 6.45) is 5.84. The number of halogens is 1. The molecule has 2 fully saturated rings. The van der Waals surface area contributed by atoms with Crippen LogP contribution in [0.1, 0.15) is 63.2 Å². The highest BCUT2D eigenvalue weighted by molar-refractivity contribution is 6.35. The van der Waals surface area contributed by atoms with Gasteiger partial charge >= 0.3 is 0 Å². The van der Waals surface area contributed by atoms with Crippen LogP contribution < -0.4 is 10.2 Å². The lowest BCUT2D eigenvalue weighted by Gasteiger charge is -2.27. The smallest absolute Gasteiger partial charge is 0.253 e. The first-order valence-corrected chi connectivity index (χ1v) is 11.9. The van der Waals surface area contributed by atoms with Gasteiger partial charge in [-0.15, -0.1) is 0 Å². The molecule has 1 aliphatic carbocycles. The van der Waals surface area contributed by atoms with Gasteiger partial charge in [-0.25, -0.2) is 4.98 Å². The SMILES string of the molecule is CC1CCCC(CNC(=O)c2c(Cl)ccc3nc(N4CCC(C(C)(C)O)C4)ccc23)C1. The number of nitrogens with one attached hydrogen (secondary N) is 1. The predicted octanol–water partition coefficient (Wildman–Crippen LogP) is 5.04. The molecule has 2 heterocycles. The highest BCUT2D eigenvalue weighted by atomic mass is 35.5. The Hall–Kier alpha value is -1.85. The first kappa shape index (κ1) is 22.3. The fraction of sp³-hybridized carbons (Fsp3) is 0.600. The third kappa shape index (κ3) is 4.98. The van der Waals surface area contributed by atoms with Gasteiger partial charge in [0, 0.05) is 30.9 Å². The van der Waals surface area contributed by atoms with Gasteiger partial charge in [0.2, 0.25) is 0 Å². The Balaban J connectivity index is 1.52. The largest absolute Gasteiger partial charge is 0.390 e. The summed E-state index contributed by atoms with van der Waals surface area (Å²) in [5, 5.41) is 14.7. The average Bonchev–Trinajstić information content (AvgIpc) is 3.23. The zero-order valence-electron chi connectivity index (χ0n) is 18.8. The second-order valence-electron chi connectivity index (χ2n) is 10.1. The van der Waals surface area contributed by atoms with E-state index in [1.807, 2.05) is 32.0 Å². The van der Waals surface area contributed by atoms with E-state index in [2.05, 4.69) is 17.1 Å². The van der Waals surface area contributed by atoms with Gasteiger partial charge in [-0.1, -0.05) is 31.4 Å².